The van der Waals surface area contributed by atoms with Gasteiger partial charge in [-0.25, -0.2) is 5.84 Å². The fraction of sp³-hybridized carbons (Fsp3) is 0.889. The molecule has 0 saturated heterocycles. The van der Waals surface area contributed by atoms with E-state index >= 15 is 0 Å². The quantitative estimate of drug-likeness (QED) is 0.205. The van der Waals surface area contributed by atoms with Crippen LogP contribution >= 0.6 is 0 Å². The van der Waals surface area contributed by atoms with Gasteiger partial charge in [-0.05, 0) is 13.3 Å². The summed E-state index contributed by atoms with van der Waals surface area (Å²) in [5, 5.41) is 0. The normalized spacial score (nSPS) is 14.1. The molecular formula is C9H21N3O2. The lowest BCUT2D eigenvalue weighted by Crippen LogP contribution is -2.31. The van der Waals surface area contributed by atoms with Crippen LogP contribution < -0.4 is 11.3 Å². The van der Waals surface area contributed by atoms with Gasteiger partial charge >= 0.3 is 0 Å². The van der Waals surface area contributed by atoms with Crippen LogP contribution in [-0.4, -0.2) is 39.3 Å². The molecule has 5 nitrogen and oxygen atoms in total. The van der Waals surface area contributed by atoms with Crippen molar-refractivity contribution in [1.29, 1.82) is 0 Å². The van der Waals surface area contributed by atoms with Gasteiger partial charge in [0.1, 0.15) is 5.84 Å². The lowest BCUT2D eigenvalue weighted by atomic mass is 10.2. The number of ether oxygens (including phenoxy) is 2. The first-order chi connectivity index (χ1) is 6.74. The molecule has 84 valence electrons. The Morgan fingerprint density at radius 3 is 2.71 bits per heavy atom. The molecule has 0 aromatic carbocycles. The van der Waals surface area contributed by atoms with Crippen LogP contribution in [0.15, 0.2) is 4.99 Å². The molecule has 1 atom stereocenters. The van der Waals surface area contributed by atoms with Crippen molar-refractivity contribution in [3.63, 3.8) is 0 Å². The van der Waals surface area contributed by atoms with Gasteiger partial charge in [-0.2, -0.15) is 0 Å². The molecule has 0 rings (SSSR count). The molecule has 0 aromatic heterocycles. The Balaban J connectivity index is 3.72. The fourth-order valence-corrected chi connectivity index (χ4v) is 0.927. The van der Waals surface area contributed by atoms with Crippen molar-refractivity contribution >= 4 is 5.84 Å². The van der Waals surface area contributed by atoms with Crippen LogP contribution in [0.4, 0.5) is 0 Å². The van der Waals surface area contributed by atoms with Crippen LogP contribution in [0.25, 0.3) is 0 Å². The van der Waals surface area contributed by atoms with Crippen LogP contribution in [0.1, 0.15) is 19.8 Å². The van der Waals surface area contributed by atoms with Crippen molar-refractivity contribution in [2.45, 2.75) is 25.9 Å². The number of hydrogen-bond acceptors (Lipinski definition) is 4. The van der Waals surface area contributed by atoms with Gasteiger partial charge in [-0.1, -0.05) is 0 Å². The molecule has 0 radical (unpaired) electrons. The molecule has 0 aliphatic rings. The molecule has 0 spiro atoms. The SMILES string of the molecule is COCCN=C(CCC(C)OC)NN. The number of nitrogens with two attached hydrogens (primary N) is 1. The second-order valence-electron chi connectivity index (χ2n) is 3.05. The number of rotatable bonds is 7. The number of hydrazine groups is 1. The van der Waals surface area contributed by atoms with Gasteiger partial charge in [0.2, 0.25) is 0 Å². The lowest BCUT2D eigenvalue weighted by molar-refractivity contribution is 0.112. The first-order valence-electron chi connectivity index (χ1n) is 4.76. The molecule has 0 aliphatic carbocycles. The van der Waals surface area contributed by atoms with E-state index < -0.39 is 0 Å². The second-order valence-corrected chi connectivity index (χ2v) is 3.05. The van der Waals surface area contributed by atoms with E-state index in [1.54, 1.807) is 14.2 Å². The van der Waals surface area contributed by atoms with Crippen LogP contribution in [0, 0.1) is 0 Å². The Morgan fingerprint density at radius 1 is 1.50 bits per heavy atom. The van der Waals surface area contributed by atoms with Gasteiger partial charge in [0.15, 0.2) is 0 Å². The van der Waals surface area contributed by atoms with Gasteiger partial charge < -0.3 is 14.9 Å². The average Bonchev–Trinajstić information content (AvgIpc) is 2.22. The van der Waals surface area contributed by atoms with E-state index in [4.69, 9.17) is 15.3 Å². The highest BCUT2D eigenvalue weighted by atomic mass is 16.5. The van der Waals surface area contributed by atoms with Crippen molar-refractivity contribution in [2.24, 2.45) is 10.8 Å². The number of methoxy groups -OCH3 is 2. The monoisotopic (exact) mass is 203 g/mol. The molecule has 0 aliphatic heterocycles. The number of amidine groups is 1. The van der Waals surface area contributed by atoms with Gasteiger partial charge in [-0.15, -0.1) is 0 Å². The van der Waals surface area contributed by atoms with E-state index in [-0.39, 0.29) is 6.10 Å². The second kappa shape index (κ2) is 8.93. The molecule has 1 unspecified atom stereocenters. The van der Waals surface area contributed by atoms with Crippen LogP contribution in [-0.2, 0) is 9.47 Å². The zero-order valence-corrected chi connectivity index (χ0v) is 9.25. The highest BCUT2D eigenvalue weighted by Gasteiger charge is 2.02. The van der Waals surface area contributed by atoms with E-state index in [9.17, 15) is 0 Å². The summed E-state index contributed by atoms with van der Waals surface area (Å²) in [6, 6.07) is 0. The first kappa shape index (κ1) is 13.4. The first-order valence-corrected chi connectivity index (χ1v) is 4.76. The Labute approximate surface area is 85.6 Å². The maximum atomic E-state index is 5.32. The summed E-state index contributed by atoms with van der Waals surface area (Å²) >= 11 is 0. The third-order valence-electron chi connectivity index (χ3n) is 1.95. The lowest BCUT2D eigenvalue weighted by Gasteiger charge is -2.10. The molecule has 0 heterocycles. The summed E-state index contributed by atoms with van der Waals surface area (Å²) in [7, 11) is 3.35. The predicted octanol–water partition coefficient (Wildman–Crippen LogP) is 0.310. The maximum Gasteiger partial charge on any atom is 0.110 e. The van der Waals surface area contributed by atoms with Crippen LogP contribution in [0.3, 0.4) is 0 Å². The van der Waals surface area contributed by atoms with E-state index in [1.807, 2.05) is 6.92 Å². The maximum absolute atomic E-state index is 5.32. The van der Waals surface area contributed by atoms with Gasteiger partial charge in [0.25, 0.3) is 0 Å². The number of nitrogens with one attached hydrogen (secondary N) is 1. The standard InChI is InChI=1S/C9H21N3O2/c1-8(14-3)4-5-9(12-10)11-6-7-13-2/h8H,4-7,10H2,1-3H3,(H,11,12). The number of aliphatic imine (C=N–C) groups is 1. The molecule has 0 saturated carbocycles. The van der Waals surface area contributed by atoms with Crippen molar-refractivity contribution in [3.8, 4) is 0 Å². The van der Waals surface area contributed by atoms with E-state index in [0.29, 0.717) is 13.2 Å². The zero-order valence-electron chi connectivity index (χ0n) is 9.25. The van der Waals surface area contributed by atoms with Crippen LogP contribution in [0.5, 0.6) is 0 Å². The Bertz CT molecular complexity index is 162. The summed E-state index contributed by atoms with van der Waals surface area (Å²) in [6.07, 6.45) is 1.94. The fourth-order valence-electron chi connectivity index (χ4n) is 0.927. The van der Waals surface area contributed by atoms with Crippen molar-refractivity contribution in [1.82, 2.24) is 5.43 Å². The van der Waals surface area contributed by atoms with Gasteiger partial charge in [0.05, 0.1) is 19.3 Å². The topological polar surface area (TPSA) is 68.9 Å². The Hall–Kier alpha value is -0.650. The minimum absolute atomic E-state index is 0.232. The largest absolute Gasteiger partial charge is 0.383 e. The van der Waals surface area contributed by atoms with E-state index in [2.05, 4.69) is 10.4 Å². The summed E-state index contributed by atoms with van der Waals surface area (Å²) < 4.78 is 10.0. The Kier molecular flexibility index (Phi) is 8.51. The van der Waals surface area contributed by atoms with Crippen LogP contribution in [0.2, 0.25) is 0 Å². The van der Waals surface area contributed by atoms with E-state index in [1.165, 1.54) is 0 Å². The average molecular weight is 203 g/mol. The van der Waals surface area contributed by atoms with Crippen molar-refractivity contribution in [3.05, 3.63) is 0 Å². The molecule has 0 aromatic rings. The highest BCUT2D eigenvalue weighted by molar-refractivity contribution is 5.81. The Morgan fingerprint density at radius 2 is 2.21 bits per heavy atom. The molecule has 14 heavy (non-hydrogen) atoms. The van der Waals surface area contributed by atoms with E-state index in [0.717, 1.165) is 18.7 Å². The summed E-state index contributed by atoms with van der Waals surface area (Å²) in [5.41, 5.74) is 2.58. The smallest absolute Gasteiger partial charge is 0.110 e. The molecule has 3 N–H and O–H groups in total. The molecular weight excluding hydrogens is 182 g/mol. The zero-order chi connectivity index (χ0) is 10.8. The minimum atomic E-state index is 0.232. The molecule has 5 heteroatoms. The summed E-state index contributed by atoms with van der Waals surface area (Å²) in [4.78, 5) is 4.24. The van der Waals surface area contributed by atoms with Crippen molar-refractivity contribution < 1.29 is 9.47 Å². The molecule has 0 amide bonds. The highest BCUT2D eigenvalue weighted by Crippen LogP contribution is 2.00. The van der Waals surface area contributed by atoms with Gasteiger partial charge in [-0.3, -0.25) is 4.99 Å². The summed E-state index contributed by atoms with van der Waals surface area (Å²) in [5.74, 6) is 6.12. The van der Waals surface area contributed by atoms with Crippen molar-refractivity contribution in [2.75, 3.05) is 27.4 Å². The third-order valence-corrected chi connectivity index (χ3v) is 1.95. The predicted molar refractivity (Wildman–Crippen MR) is 57.2 cm³/mol. The third kappa shape index (κ3) is 6.82. The summed E-state index contributed by atoms with van der Waals surface area (Å²) in [6.45, 7) is 3.27. The molecule has 0 bridgehead atoms. The minimum Gasteiger partial charge on any atom is -0.383 e. The number of hydrogen-bond donors (Lipinski definition) is 2. The van der Waals surface area contributed by atoms with Gasteiger partial charge in [0, 0.05) is 20.6 Å². The molecule has 0 fully saturated rings. The number of nitrogens with zero attached hydrogens (tertiary/aromatic N) is 1.